The number of hydrogen-bond donors (Lipinski definition) is 0. The van der Waals surface area contributed by atoms with Crippen LogP contribution in [0.15, 0.2) is 59.5 Å². The Morgan fingerprint density at radius 3 is 2.55 bits per heavy atom. The summed E-state index contributed by atoms with van der Waals surface area (Å²) >= 11 is 6.89. The fourth-order valence-electron chi connectivity index (χ4n) is 2.15. The van der Waals surface area contributed by atoms with E-state index in [9.17, 15) is 9.59 Å². The molecule has 0 N–H and O–H groups in total. The highest BCUT2D eigenvalue weighted by molar-refractivity contribution is 8.18. The Bertz CT molecular complexity index is 758. The van der Waals surface area contributed by atoms with Crippen molar-refractivity contribution in [3.8, 4) is 0 Å². The maximum absolute atomic E-state index is 12.4. The van der Waals surface area contributed by atoms with Gasteiger partial charge in [-0.05, 0) is 41.1 Å². The standard InChI is InChI=1S/C17H12ClNO2S/c18-14-8-4-7-13(9-14)10-15-16(20)19(17(21)22-15)11-12-5-2-1-3-6-12/h1-10H,11H2. The number of rotatable bonds is 3. The first-order valence-electron chi connectivity index (χ1n) is 6.68. The molecule has 0 bridgehead atoms. The largest absolute Gasteiger partial charge is 0.293 e. The Hall–Kier alpha value is -2.04. The number of carbonyl (C=O) groups excluding carboxylic acids is 2. The SMILES string of the molecule is O=C1SC(=Cc2cccc(Cl)c2)C(=O)N1Cc1ccccc1. The Kier molecular flexibility index (Phi) is 4.32. The molecule has 1 saturated heterocycles. The smallest absolute Gasteiger partial charge is 0.268 e. The molecule has 1 aliphatic rings. The van der Waals surface area contributed by atoms with Crippen molar-refractivity contribution in [2.24, 2.45) is 0 Å². The zero-order chi connectivity index (χ0) is 15.5. The van der Waals surface area contributed by atoms with Gasteiger partial charge in [-0.3, -0.25) is 14.5 Å². The molecule has 0 saturated carbocycles. The van der Waals surface area contributed by atoms with Crippen LogP contribution < -0.4 is 0 Å². The Morgan fingerprint density at radius 2 is 1.82 bits per heavy atom. The summed E-state index contributed by atoms with van der Waals surface area (Å²) in [4.78, 5) is 26.1. The van der Waals surface area contributed by atoms with Crippen molar-refractivity contribution in [2.45, 2.75) is 6.54 Å². The Balaban J connectivity index is 1.82. The van der Waals surface area contributed by atoms with Crippen molar-refractivity contribution in [2.75, 3.05) is 0 Å². The lowest BCUT2D eigenvalue weighted by Gasteiger charge is -2.12. The summed E-state index contributed by atoms with van der Waals surface area (Å²) < 4.78 is 0. The maximum atomic E-state index is 12.4. The lowest BCUT2D eigenvalue weighted by Crippen LogP contribution is -2.27. The summed E-state index contributed by atoms with van der Waals surface area (Å²) in [6.45, 7) is 0.290. The molecule has 1 heterocycles. The second-order valence-corrected chi connectivity index (χ2v) is 6.24. The van der Waals surface area contributed by atoms with Crippen LogP contribution in [0.4, 0.5) is 4.79 Å². The minimum Gasteiger partial charge on any atom is -0.268 e. The number of nitrogens with zero attached hydrogens (tertiary/aromatic N) is 1. The van der Waals surface area contributed by atoms with Crippen molar-refractivity contribution in [1.29, 1.82) is 0 Å². The van der Waals surface area contributed by atoms with Crippen LogP contribution in [0, 0.1) is 0 Å². The molecule has 2 aromatic carbocycles. The summed E-state index contributed by atoms with van der Waals surface area (Å²) in [6, 6.07) is 16.6. The first-order valence-corrected chi connectivity index (χ1v) is 7.88. The van der Waals surface area contributed by atoms with Crippen LogP contribution in [0.2, 0.25) is 5.02 Å². The normalized spacial score (nSPS) is 16.6. The van der Waals surface area contributed by atoms with Crippen LogP contribution in [-0.4, -0.2) is 16.0 Å². The molecular formula is C17H12ClNO2S. The molecule has 0 aromatic heterocycles. The summed E-state index contributed by atoms with van der Waals surface area (Å²) in [6.07, 6.45) is 1.70. The number of amides is 2. The van der Waals surface area contributed by atoms with Gasteiger partial charge in [0.05, 0.1) is 11.4 Å². The number of thioether (sulfide) groups is 1. The zero-order valence-electron chi connectivity index (χ0n) is 11.5. The van der Waals surface area contributed by atoms with Gasteiger partial charge in [0.2, 0.25) is 0 Å². The highest BCUT2D eigenvalue weighted by atomic mass is 35.5. The molecule has 22 heavy (non-hydrogen) atoms. The van der Waals surface area contributed by atoms with Crippen LogP contribution in [0.5, 0.6) is 0 Å². The van der Waals surface area contributed by atoms with E-state index in [2.05, 4.69) is 0 Å². The summed E-state index contributed by atoms with van der Waals surface area (Å²) in [7, 11) is 0. The van der Waals surface area contributed by atoms with Crippen LogP contribution in [0.25, 0.3) is 6.08 Å². The summed E-state index contributed by atoms with van der Waals surface area (Å²) in [5, 5.41) is 0.347. The Labute approximate surface area is 137 Å². The third kappa shape index (κ3) is 3.24. The molecule has 110 valence electrons. The minimum absolute atomic E-state index is 0.248. The topological polar surface area (TPSA) is 37.4 Å². The molecule has 0 unspecified atom stereocenters. The molecule has 3 nitrogen and oxygen atoms in total. The van der Waals surface area contributed by atoms with Crippen molar-refractivity contribution in [1.82, 2.24) is 4.90 Å². The lowest BCUT2D eigenvalue weighted by atomic mass is 10.2. The molecule has 0 aliphatic carbocycles. The molecule has 1 fully saturated rings. The van der Waals surface area contributed by atoms with Gasteiger partial charge in [0.15, 0.2) is 0 Å². The monoisotopic (exact) mass is 329 g/mol. The van der Waals surface area contributed by atoms with Crippen LogP contribution in [-0.2, 0) is 11.3 Å². The highest BCUT2D eigenvalue weighted by Gasteiger charge is 2.34. The van der Waals surface area contributed by atoms with Crippen molar-refractivity contribution in [3.63, 3.8) is 0 Å². The van der Waals surface area contributed by atoms with Gasteiger partial charge in [-0.1, -0.05) is 54.1 Å². The molecular weight excluding hydrogens is 318 g/mol. The van der Waals surface area contributed by atoms with E-state index in [1.165, 1.54) is 4.90 Å². The third-order valence-electron chi connectivity index (χ3n) is 3.20. The van der Waals surface area contributed by atoms with Crippen LogP contribution >= 0.6 is 23.4 Å². The average molecular weight is 330 g/mol. The van der Waals surface area contributed by atoms with Gasteiger partial charge in [0.1, 0.15) is 0 Å². The second-order valence-electron chi connectivity index (χ2n) is 4.81. The molecule has 1 aliphatic heterocycles. The number of halogens is 1. The first kappa shape index (κ1) is 14.9. The van der Waals surface area contributed by atoms with E-state index in [-0.39, 0.29) is 11.1 Å². The van der Waals surface area contributed by atoms with E-state index in [4.69, 9.17) is 11.6 Å². The molecule has 0 spiro atoms. The van der Waals surface area contributed by atoms with Crippen molar-refractivity contribution in [3.05, 3.63) is 75.7 Å². The van der Waals surface area contributed by atoms with Crippen LogP contribution in [0.3, 0.4) is 0 Å². The van der Waals surface area contributed by atoms with Gasteiger partial charge < -0.3 is 0 Å². The van der Waals surface area contributed by atoms with Gasteiger partial charge in [0.25, 0.3) is 11.1 Å². The van der Waals surface area contributed by atoms with Crippen molar-refractivity contribution < 1.29 is 9.59 Å². The predicted molar refractivity (Wildman–Crippen MR) is 89.4 cm³/mol. The highest BCUT2D eigenvalue weighted by Crippen LogP contribution is 2.33. The average Bonchev–Trinajstić information content (AvgIpc) is 2.76. The van der Waals surface area contributed by atoms with Gasteiger partial charge >= 0.3 is 0 Å². The van der Waals surface area contributed by atoms with Gasteiger partial charge in [-0.15, -0.1) is 0 Å². The predicted octanol–water partition coefficient (Wildman–Crippen LogP) is 4.58. The van der Waals surface area contributed by atoms with E-state index in [0.717, 1.165) is 22.9 Å². The first-order chi connectivity index (χ1) is 10.6. The third-order valence-corrected chi connectivity index (χ3v) is 4.35. The fourth-order valence-corrected chi connectivity index (χ4v) is 3.19. The van der Waals surface area contributed by atoms with E-state index in [1.807, 2.05) is 42.5 Å². The van der Waals surface area contributed by atoms with E-state index < -0.39 is 0 Å². The second kappa shape index (κ2) is 6.38. The van der Waals surface area contributed by atoms with Crippen molar-refractivity contribution >= 4 is 40.6 Å². The molecule has 3 rings (SSSR count). The fraction of sp³-hybridized carbons (Fsp3) is 0.0588. The van der Waals surface area contributed by atoms with E-state index >= 15 is 0 Å². The van der Waals surface area contributed by atoms with E-state index in [0.29, 0.717) is 16.5 Å². The Morgan fingerprint density at radius 1 is 1.05 bits per heavy atom. The quantitative estimate of drug-likeness (QED) is 0.774. The van der Waals surface area contributed by atoms with Gasteiger partial charge in [-0.25, -0.2) is 0 Å². The number of hydrogen-bond acceptors (Lipinski definition) is 3. The van der Waals surface area contributed by atoms with Gasteiger partial charge in [0, 0.05) is 5.02 Å². The lowest BCUT2D eigenvalue weighted by molar-refractivity contribution is -0.123. The van der Waals surface area contributed by atoms with Crippen LogP contribution in [0.1, 0.15) is 11.1 Å². The molecule has 2 aromatic rings. The molecule has 0 radical (unpaired) electrons. The number of carbonyl (C=O) groups is 2. The van der Waals surface area contributed by atoms with E-state index in [1.54, 1.807) is 18.2 Å². The summed E-state index contributed by atoms with van der Waals surface area (Å²) in [5.41, 5.74) is 1.73. The zero-order valence-corrected chi connectivity index (χ0v) is 13.1. The number of benzene rings is 2. The minimum atomic E-state index is -0.265. The molecule has 0 atom stereocenters. The summed E-state index contributed by atoms with van der Waals surface area (Å²) in [5.74, 6) is -0.265. The molecule has 2 amide bonds. The van der Waals surface area contributed by atoms with Gasteiger partial charge in [-0.2, -0.15) is 0 Å². The number of imide groups is 1. The maximum Gasteiger partial charge on any atom is 0.293 e. The molecule has 5 heteroatoms.